The molecule has 0 unspecified atom stereocenters. The Balaban J connectivity index is 2.63. The van der Waals surface area contributed by atoms with Gasteiger partial charge in [-0.1, -0.05) is 33.2 Å². The first-order valence-corrected chi connectivity index (χ1v) is 4.46. The third-order valence-corrected chi connectivity index (χ3v) is 1.69. The average Bonchev–Trinajstić information content (AvgIpc) is 2.05. The van der Waals surface area contributed by atoms with Gasteiger partial charge in [-0.3, -0.25) is 0 Å². The number of benzene rings is 1. The summed E-state index contributed by atoms with van der Waals surface area (Å²) in [5, 5.41) is 3.63. The molecule has 3 heteroatoms. The number of halogens is 1. The molecule has 2 nitrogen and oxygen atoms in total. The van der Waals surface area contributed by atoms with Gasteiger partial charge in [0.25, 0.3) is 0 Å². The van der Waals surface area contributed by atoms with Crippen molar-refractivity contribution in [3.05, 3.63) is 34.3 Å². The molecule has 0 heterocycles. The molecule has 0 aliphatic rings. The largest absolute Gasteiger partial charge is 0.396 e. The second-order valence-electron chi connectivity index (χ2n) is 2.13. The van der Waals surface area contributed by atoms with Crippen molar-refractivity contribution in [2.75, 3.05) is 6.61 Å². The summed E-state index contributed by atoms with van der Waals surface area (Å²) in [6.07, 6.45) is 2.76. The second kappa shape index (κ2) is 4.93. The maximum atomic E-state index is 4.78. The van der Waals surface area contributed by atoms with Gasteiger partial charge < -0.3 is 4.84 Å². The Morgan fingerprint density at radius 2 is 2.42 bits per heavy atom. The van der Waals surface area contributed by atoms with E-state index >= 15 is 0 Å². The van der Waals surface area contributed by atoms with E-state index in [0.29, 0.717) is 6.61 Å². The molecule has 1 aromatic carbocycles. The van der Waals surface area contributed by atoms with Gasteiger partial charge in [0.2, 0.25) is 0 Å². The highest BCUT2D eigenvalue weighted by Crippen LogP contribution is 2.09. The molecule has 0 saturated carbocycles. The number of rotatable bonds is 3. The summed E-state index contributed by atoms with van der Waals surface area (Å²) in [6.45, 7) is 2.45. The minimum atomic E-state index is 0.570. The summed E-state index contributed by atoms with van der Waals surface area (Å²) >= 11 is 3.35. The molecule has 0 aromatic heterocycles. The monoisotopic (exact) mass is 226 g/mol. The first-order chi connectivity index (χ1) is 5.83. The van der Waals surface area contributed by atoms with Crippen LogP contribution in [0.3, 0.4) is 0 Å². The van der Waals surface area contributed by atoms with Crippen molar-refractivity contribution < 1.29 is 4.84 Å². The molecule has 1 rings (SSSR count). The van der Waals surface area contributed by atoms with Crippen molar-refractivity contribution in [1.82, 2.24) is 0 Å². The van der Waals surface area contributed by atoms with E-state index in [9.17, 15) is 0 Å². The smallest absolute Gasteiger partial charge is 0.139 e. The fraction of sp³-hybridized carbons (Fsp3) is 0.222. The molecule has 0 aliphatic heterocycles. The highest BCUT2D eigenvalue weighted by Gasteiger charge is 1.89. The van der Waals surface area contributed by atoms with Gasteiger partial charge in [0, 0.05) is 10.0 Å². The van der Waals surface area contributed by atoms with Crippen LogP contribution < -0.4 is 0 Å². The van der Waals surface area contributed by atoms with Crippen LogP contribution in [0.15, 0.2) is 33.9 Å². The van der Waals surface area contributed by atoms with E-state index < -0.39 is 0 Å². The lowest BCUT2D eigenvalue weighted by Gasteiger charge is -1.92. The van der Waals surface area contributed by atoms with E-state index in [2.05, 4.69) is 27.3 Å². The molecule has 63 valence electrons. The molecule has 1 radical (unpaired) electrons. The highest BCUT2D eigenvalue weighted by molar-refractivity contribution is 9.10. The van der Waals surface area contributed by atoms with Crippen LogP contribution in [0, 0.1) is 0 Å². The van der Waals surface area contributed by atoms with Crippen LogP contribution in [0.1, 0.15) is 12.5 Å². The first kappa shape index (κ1) is 9.26. The molecule has 0 aliphatic carbocycles. The van der Waals surface area contributed by atoms with Gasteiger partial charge in [0.15, 0.2) is 0 Å². The van der Waals surface area contributed by atoms with Crippen LogP contribution in [0.2, 0.25) is 0 Å². The zero-order valence-corrected chi connectivity index (χ0v) is 8.34. The van der Waals surface area contributed by atoms with Crippen molar-refractivity contribution in [3.63, 3.8) is 0 Å². The van der Waals surface area contributed by atoms with Gasteiger partial charge >= 0.3 is 0 Å². The molecule has 0 atom stereocenters. The van der Waals surface area contributed by atoms with E-state index in [0.717, 1.165) is 10.0 Å². The fourth-order valence-corrected chi connectivity index (χ4v) is 1.11. The Morgan fingerprint density at radius 1 is 1.58 bits per heavy atom. The molecule has 0 bridgehead atoms. The van der Waals surface area contributed by atoms with Crippen LogP contribution in [0.5, 0.6) is 0 Å². The Morgan fingerprint density at radius 3 is 3.08 bits per heavy atom. The van der Waals surface area contributed by atoms with Gasteiger partial charge in [-0.05, 0) is 19.1 Å². The minimum Gasteiger partial charge on any atom is -0.396 e. The van der Waals surface area contributed by atoms with Gasteiger partial charge in [0.1, 0.15) is 12.8 Å². The van der Waals surface area contributed by atoms with Gasteiger partial charge in [-0.25, -0.2) is 0 Å². The predicted octanol–water partition coefficient (Wildman–Crippen LogP) is 2.70. The maximum Gasteiger partial charge on any atom is 0.139 e. The van der Waals surface area contributed by atoms with Crippen molar-refractivity contribution in [2.24, 2.45) is 5.16 Å². The lowest BCUT2D eigenvalue weighted by atomic mass is 10.2. The predicted molar refractivity (Wildman–Crippen MR) is 52.3 cm³/mol. The summed E-state index contributed by atoms with van der Waals surface area (Å²) in [4.78, 5) is 4.78. The lowest BCUT2D eigenvalue weighted by Crippen LogP contribution is -1.83. The molecular formula is C9H9BrNO. The average molecular weight is 227 g/mol. The van der Waals surface area contributed by atoms with E-state index in [1.165, 1.54) is 0 Å². The van der Waals surface area contributed by atoms with Crippen LogP contribution in [0.4, 0.5) is 0 Å². The topological polar surface area (TPSA) is 21.6 Å². The number of hydrogen-bond donors (Lipinski definition) is 0. The summed E-state index contributed by atoms with van der Waals surface area (Å²) in [5.41, 5.74) is 0.901. The number of nitrogens with zero attached hydrogens (tertiary/aromatic N) is 1. The maximum absolute atomic E-state index is 4.78. The Kier molecular flexibility index (Phi) is 3.80. The minimum absolute atomic E-state index is 0.570. The van der Waals surface area contributed by atoms with Crippen LogP contribution >= 0.6 is 15.9 Å². The van der Waals surface area contributed by atoms with E-state index in [1.54, 1.807) is 0 Å². The van der Waals surface area contributed by atoms with Crippen LogP contribution in [-0.4, -0.2) is 12.8 Å². The SMILES string of the molecule is CCO/N=[C]/c1cccc(Br)c1. The van der Waals surface area contributed by atoms with Gasteiger partial charge in [-0.2, -0.15) is 0 Å². The molecular weight excluding hydrogens is 218 g/mol. The van der Waals surface area contributed by atoms with Crippen molar-refractivity contribution in [2.45, 2.75) is 6.92 Å². The molecule has 0 spiro atoms. The van der Waals surface area contributed by atoms with Crippen LogP contribution in [-0.2, 0) is 4.84 Å². The normalized spacial score (nSPS) is 10.5. The van der Waals surface area contributed by atoms with Crippen LogP contribution in [0.25, 0.3) is 0 Å². The van der Waals surface area contributed by atoms with Crippen molar-refractivity contribution >= 4 is 22.1 Å². The molecule has 1 aromatic rings. The quantitative estimate of drug-likeness (QED) is 0.574. The zero-order valence-electron chi connectivity index (χ0n) is 6.75. The summed E-state index contributed by atoms with van der Waals surface area (Å²) in [7, 11) is 0. The lowest BCUT2D eigenvalue weighted by molar-refractivity contribution is 0.160. The fourth-order valence-electron chi connectivity index (χ4n) is 0.708. The van der Waals surface area contributed by atoms with E-state index in [-0.39, 0.29) is 0 Å². The Labute approximate surface area is 80.4 Å². The highest BCUT2D eigenvalue weighted by atomic mass is 79.9. The summed E-state index contributed by atoms with van der Waals surface area (Å²) in [6, 6.07) is 7.70. The molecule has 0 saturated heterocycles. The summed E-state index contributed by atoms with van der Waals surface area (Å²) in [5.74, 6) is 0. The molecule has 0 fully saturated rings. The standard InChI is InChI=1S/C9H9BrNO/c1-2-12-11-7-8-4-3-5-9(10)6-8/h3-6H,2H2,1H3. The Bertz CT molecular complexity index is 273. The number of hydrogen-bond acceptors (Lipinski definition) is 2. The third-order valence-electron chi connectivity index (χ3n) is 1.19. The van der Waals surface area contributed by atoms with Gasteiger partial charge in [0.05, 0.1) is 0 Å². The van der Waals surface area contributed by atoms with E-state index in [1.807, 2.05) is 31.2 Å². The van der Waals surface area contributed by atoms with E-state index in [4.69, 9.17) is 4.84 Å². The molecule has 0 amide bonds. The zero-order chi connectivity index (χ0) is 8.81. The molecule has 12 heavy (non-hydrogen) atoms. The van der Waals surface area contributed by atoms with Crippen molar-refractivity contribution in [1.29, 1.82) is 0 Å². The van der Waals surface area contributed by atoms with Crippen molar-refractivity contribution in [3.8, 4) is 0 Å². The third kappa shape index (κ3) is 3.05. The molecule has 0 N–H and O–H groups in total. The second-order valence-corrected chi connectivity index (χ2v) is 3.05. The first-order valence-electron chi connectivity index (χ1n) is 3.66. The van der Waals surface area contributed by atoms with Gasteiger partial charge in [-0.15, -0.1) is 0 Å². The summed E-state index contributed by atoms with van der Waals surface area (Å²) < 4.78 is 1.01. The Hall–Kier alpha value is -0.830.